The zero-order chi connectivity index (χ0) is 27.8. The molecular weight excluding hydrogens is 525 g/mol. The van der Waals surface area contributed by atoms with Crippen LogP contribution in [0.3, 0.4) is 0 Å². The SMILES string of the molecule is Cc1ccc2c(c1)C=C[C@H]1N2[C@@H](C(=O)c2ccc(Cl)cc2)[C@H](c2ccc(F)cc2)C12C(=O)c1ccccc1C2=O. The number of aryl methyl sites for hydroxylation is 1. The highest BCUT2D eigenvalue weighted by molar-refractivity contribution is 6.32. The van der Waals surface area contributed by atoms with Crippen LogP contribution in [-0.2, 0) is 0 Å². The molecule has 7 rings (SSSR count). The lowest BCUT2D eigenvalue weighted by atomic mass is 9.64. The zero-order valence-corrected chi connectivity index (χ0v) is 22.2. The molecule has 1 fully saturated rings. The van der Waals surface area contributed by atoms with E-state index in [1.165, 1.54) is 12.1 Å². The highest BCUT2D eigenvalue weighted by atomic mass is 35.5. The lowest BCUT2D eigenvalue weighted by Crippen LogP contribution is -2.48. The average molecular weight is 548 g/mol. The highest BCUT2D eigenvalue weighted by Crippen LogP contribution is 2.61. The van der Waals surface area contributed by atoms with Crippen LogP contribution < -0.4 is 4.90 Å². The van der Waals surface area contributed by atoms with Gasteiger partial charge in [-0.2, -0.15) is 0 Å². The van der Waals surface area contributed by atoms with Crippen LogP contribution in [0.15, 0.2) is 97.1 Å². The zero-order valence-electron chi connectivity index (χ0n) is 21.5. The summed E-state index contributed by atoms with van der Waals surface area (Å²) in [7, 11) is 0. The first-order chi connectivity index (χ1) is 19.3. The number of hydrogen-bond acceptors (Lipinski definition) is 4. The van der Waals surface area contributed by atoms with Gasteiger partial charge in [-0.25, -0.2) is 4.39 Å². The molecule has 3 atom stereocenters. The number of anilines is 1. The molecule has 0 unspecified atom stereocenters. The molecule has 2 heterocycles. The Bertz CT molecular complexity index is 1720. The van der Waals surface area contributed by atoms with E-state index in [9.17, 15) is 18.8 Å². The predicted molar refractivity (Wildman–Crippen MR) is 153 cm³/mol. The van der Waals surface area contributed by atoms with E-state index >= 15 is 0 Å². The first-order valence-electron chi connectivity index (χ1n) is 13.1. The van der Waals surface area contributed by atoms with E-state index in [4.69, 9.17) is 11.6 Å². The summed E-state index contributed by atoms with van der Waals surface area (Å²) in [5.74, 6) is -2.20. The summed E-state index contributed by atoms with van der Waals surface area (Å²) >= 11 is 6.14. The van der Waals surface area contributed by atoms with E-state index in [0.29, 0.717) is 27.3 Å². The lowest BCUT2D eigenvalue weighted by molar-refractivity contribution is 0.0666. The molecule has 1 spiro atoms. The van der Waals surface area contributed by atoms with Crippen molar-refractivity contribution < 1.29 is 18.8 Å². The molecule has 0 radical (unpaired) electrons. The molecule has 0 bridgehead atoms. The van der Waals surface area contributed by atoms with Gasteiger partial charge in [-0.05, 0) is 66.6 Å². The summed E-state index contributed by atoms with van der Waals surface area (Å²) < 4.78 is 14.2. The van der Waals surface area contributed by atoms with E-state index in [-0.39, 0.29) is 17.3 Å². The van der Waals surface area contributed by atoms with Crippen molar-refractivity contribution in [3.05, 3.63) is 141 Å². The molecule has 3 aliphatic rings. The number of halogens is 2. The van der Waals surface area contributed by atoms with Crippen LogP contribution in [0, 0.1) is 18.2 Å². The summed E-state index contributed by atoms with van der Waals surface area (Å²) in [6.07, 6.45) is 3.82. The number of fused-ring (bicyclic) bond motifs is 5. The van der Waals surface area contributed by atoms with Gasteiger partial charge in [0.05, 0.1) is 6.04 Å². The van der Waals surface area contributed by atoms with Crippen LogP contribution in [0.2, 0.25) is 5.02 Å². The molecule has 0 saturated carbocycles. The van der Waals surface area contributed by atoms with Crippen LogP contribution in [-0.4, -0.2) is 29.4 Å². The molecule has 40 heavy (non-hydrogen) atoms. The van der Waals surface area contributed by atoms with Crippen molar-refractivity contribution in [1.82, 2.24) is 0 Å². The van der Waals surface area contributed by atoms with Gasteiger partial charge in [0.15, 0.2) is 17.3 Å². The molecule has 4 aromatic rings. The Kier molecular flexibility index (Phi) is 5.45. The van der Waals surface area contributed by atoms with Gasteiger partial charge in [0.1, 0.15) is 17.3 Å². The van der Waals surface area contributed by atoms with Crippen molar-refractivity contribution in [2.75, 3.05) is 4.90 Å². The summed E-state index contributed by atoms with van der Waals surface area (Å²) in [5, 5.41) is 0.491. The third kappa shape index (κ3) is 3.28. The number of Topliss-reactive ketones (excluding diaryl/α,β-unsaturated/α-hetero) is 3. The maximum Gasteiger partial charge on any atom is 0.185 e. The molecule has 6 heteroatoms. The van der Waals surface area contributed by atoms with Crippen molar-refractivity contribution in [3.63, 3.8) is 0 Å². The number of nitrogens with zero attached hydrogens (tertiary/aromatic N) is 1. The Hall–Kier alpha value is -4.35. The van der Waals surface area contributed by atoms with E-state index in [0.717, 1.165) is 16.8 Å². The largest absolute Gasteiger partial charge is 0.352 e. The van der Waals surface area contributed by atoms with Crippen LogP contribution in [0.4, 0.5) is 10.1 Å². The predicted octanol–water partition coefficient (Wildman–Crippen LogP) is 7.10. The summed E-state index contributed by atoms with van der Waals surface area (Å²) in [6.45, 7) is 1.99. The molecule has 1 aliphatic carbocycles. The molecule has 196 valence electrons. The quantitative estimate of drug-likeness (QED) is 0.203. The van der Waals surface area contributed by atoms with Crippen LogP contribution in [0.25, 0.3) is 6.08 Å². The Balaban J connectivity index is 1.54. The van der Waals surface area contributed by atoms with E-state index in [1.54, 1.807) is 60.7 Å². The molecule has 0 amide bonds. The number of hydrogen-bond donors (Lipinski definition) is 0. The number of rotatable bonds is 3. The topological polar surface area (TPSA) is 54.5 Å². The van der Waals surface area contributed by atoms with Gasteiger partial charge in [0.25, 0.3) is 0 Å². The van der Waals surface area contributed by atoms with Gasteiger partial charge < -0.3 is 4.90 Å². The average Bonchev–Trinajstić information content (AvgIpc) is 3.39. The number of carbonyl (C=O) groups excluding carboxylic acids is 3. The van der Waals surface area contributed by atoms with Gasteiger partial charge in [0, 0.05) is 33.3 Å². The molecule has 1 saturated heterocycles. The van der Waals surface area contributed by atoms with E-state index in [1.807, 2.05) is 42.2 Å². The molecule has 4 aromatic carbocycles. The number of ketones is 3. The summed E-state index contributed by atoms with van der Waals surface area (Å²) in [5.41, 5.74) is 2.77. The summed E-state index contributed by atoms with van der Waals surface area (Å²) in [4.78, 5) is 45.6. The third-order valence-electron chi connectivity index (χ3n) is 8.59. The lowest BCUT2D eigenvalue weighted by Gasteiger charge is -2.37. The minimum absolute atomic E-state index is 0.244. The smallest absolute Gasteiger partial charge is 0.185 e. The minimum atomic E-state index is -1.62. The fourth-order valence-corrected chi connectivity index (χ4v) is 7.05. The Morgan fingerprint density at radius 3 is 2.17 bits per heavy atom. The van der Waals surface area contributed by atoms with Crippen LogP contribution in [0.1, 0.15) is 53.7 Å². The Morgan fingerprint density at radius 2 is 1.52 bits per heavy atom. The fraction of sp³-hybridized carbons (Fsp3) is 0.147. The minimum Gasteiger partial charge on any atom is -0.352 e. The first-order valence-corrected chi connectivity index (χ1v) is 13.5. The number of carbonyl (C=O) groups is 3. The molecular formula is C34H23ClFNO3. The maximum atomic E-state index is 14.6. The van der Waals surface area contributed by atoms with Crippen LogP contribution in [0.5, 0.6) is 0 Å². The van der Waals surface area contributed by atoms with Gasteiger partial charge in [-0.15, -0.1) is 0 Å². The highest BCUT2D eigenvalue weighted by Gasteiger charge is 2.71. The van der Waals surface area contributed by atoms with Crippen molar-refractivity contribution in [2.24, 2.45) is 5.41 Å². The van der Waals surface area contributed by atoms with E-state index in [2.05, 4.69) is 0 Å². The molecule has 0 N–H and O–H groups in total. The van der Waals surface area contributed by atoms with Crippen molar-refractivity contribution in [3.8, 4) is 0 Å². The normalized spacial score (nSPS) is 21.9. The first kappa shape index (κ1) is 24.7. The second-order valence-electron chi connectivity index (χ2n) is 10.7. The fourth-order valence-electron chi connectivity index (χ4n) is 6.92. The third-order valence-corrected chi connectivity index (χ3v) is 8.84. The van der Waals surface area contributed by atoms with Gasteiger partial charge in [0.2, 0.25) is 0 Å². The van der Waals surface area contributed by atoms with Crippen molar-refractivity contribution in [2.45, 2.75) is 24.9 Å². The molecule has 2 aliphatic heterocycles. The Labute approximate surface area is 235 Å². The molecule has 4 nitrogen and oxygen atoms in total. The second kappa shape index (κ2) is 8.83. The van der Waals surface area contributed by atoms with Crippen molar-refractivity contribution in [1.29, 1.82) is 0 Å². The Morgan fingerprint density at radius 1 is 0.875 bits per heavy atom. The van der Waals surface area contributed by atoms with Gasteiger partial charge in [-0.1, -0.05) is 71.8 Å². The second-order valence-corrected chi connectivity index (χ2v) is 11.1. The maximum absolute atomic E-state index is 14.6. The monoisotopic (exact) mass is 547 g/mol. The number of benzene rings is 4. The van der Waals surface area contributed by atoms with Crippen LogP contribution >= 0.6 is 11.6 Å². The standard InChI is InChI=1S/C34H23ClFNO3/c1-19-6-16-27-22(18-19)11-17-28-34(32(39)25-4-2-3-5-26(25)33(34)40)29(20-9-14-24(36)15-10-20)30(37(27)28)31(38)21-7-12-23(35)13-8-21/h2-18,28-30H,1H3/t28-,29+,30-/m1/s1. The molecule has 0 aromatic heterocycles. The van der Waals surface area contributed by atoms with Gasteiger partial charge >= 0.3 is 0 Å². The summed E-state index contributed by atoms with van der Waals surface area (Å²) in [6, 6.07) is 23.5. The van der Waals surface area contributed by atoms with E-state index < -0.39 is 29.2 Å². The van der Waals surface area contributed by atoms with Crippen molar-refractivity contribution >= 4 is 40.7 Å². The van der Waals surface area contributed by atoms with Gasteiger partial charge in [-0.3, -0.25) is 14.4 Å².